The molecule has 1 aliphatic heterocycles. The SMILES string of the molecule is COc1cc(S(N)(=O)=O)ccc1-c1cc2cc(C3=NNC(=O)CC3CO)ccc2[nH]1. The molecule has 1 atom stereocenters. The van der Waals surface area contributed by atoms with Gasteiger partial charge in [0, 0.05) is 34.9 Å². The topological polar surface area (TPSA) is 147 Å². The van der Waals surface area contributed by atoms with E-state index in [1.807, 2.05) is 24.3 Å². The molecule has 0 saturated heterocycles. The van der Waals surface area contributed by atoms with E-state index in [2.05, 4.69) is 15.5 Å². The number of H-pyrrole nitrogens is 1. The van der Waals surface area contributed by atoms with E-state index in [1.54, 1.807) is 6.07 Å². The average molecular weight is 428 g/mol. The van der Waals surface area contributed by atoms with Crippen LogP contribution >= 0.6 is 0 Å². The number of primary sulfonamides is 1. The van der Waals surface area contributed by atoms with Crippen molar-refractivity contribution in [1.82, 2.24) is 10.4 Å². The minimum Gasteiger partial charge on any atom is -0.496 e. The van der Waals surface area contributed by atoms with E-state index in [-0.39, 0.29) is 29.7 Å². The van der Waals surface area contributed by atoms with E-state index >= 15 is 0 Å². The van der Waals surface area contributed by atoms with Crippen LogP contribution in [0.1, 0.15) is 12.0 Å². The first-order chi connectivity index (χ1) is 14.3. The Morgan fingerprint density at radius 2 is 2.03 bits per heavy atom. The molecule has 4 rings (SSSR count). The number of ether oxygens (including phenoxy) is 1. The number of hydrogen-bond acceptors (Lipinski definition) is 6. The Morgan fingerprint density at radius 3 is 2.73 bits per heavy atom. The number of aliphatic hydroxyl groups excluding tert-OH is 1. The summed E-state index contributed by atoms with van der Waals surface area (Å²) in [5.41, 5.74) is 6.14. The highest BCUT2D eigenvalue weighted by Gasteiger charge is 2.25. The van der Waals surface area contributed by atoms with Crippen molar-refractivity contribution in [2.45, 2.75) is 11.3 Å². The lowest BCUT2D eigenvalue weighted by Crippen LogP contribution is -2.35. The van der Waals surface area contributed by atoms with Gasteiger partial charge in [0.2, 0.25) is 15.9 Å². The van der Waals surface area contributed by atoms with Crippen molar-refractivity contribution >= 4 is 32.5 Å². The van der Waals surface area contributed by atoms with Crippen molar-refractivity contribution < 1.29 is 23.1 Å². The first-order valence-corrected chi connectivity index (χ1v) is 10.7. The highest BCUT2D eigenvalue weighted by atomic mass is 32.2. The molecule has 0 radical (unpaired) electrons. The van der Waals surface area contributed by atoms with Crippen molar-refractivity contribution in [3.05, 3.63) is 48.0 Å². The van der Waals surface area contributed by atoms with Crippen molar-refractivity contribution in [2.75, 3.05) is 13.7 Å². The van der Waals surface area contributed by atoms with Gasteiger partial charge < -0.3 is 14.8 Å². The third-order valence-electron chi connectivity index (χ3n) is 5.05. The quantitative estimate of drug-likeness (QED) is 0.484. The summed E-state index contributed by atoms with van der Waals surface area (Å²) in [5, 5.41) is 19.8. The number of fused-ring (bicyclic) bond motifs is 1. The zero-order valence-electron chi connectivity index (χ0n) is 16.0. The number of sulfonamides is 1. The van der Waals surface area contributed by atoms with E-state index in [0.717, 1.165) is 22.2 Å². The lowest BCUT2D eigenvalue weighted by molar-refractivity contribution is -0.122. The van der Waals surface area contributed by atoms with Gasteiger partial charge in [0.15, 0.2) is 0 Å². The van der Waals surface area contributed by atoms with Gasteiger partial charge in [0.05, 0.1) is 30.0 Å². The fraction of sp³-hybridized carbons (Fsp3) is 0.200. The molecule has 0 fully saturated rings. The summed E-state index contributed by atoms with van der Waals surface area (Å²) in [5.74, 6) is -0.216. The third-order valence-corrected chi connectivity index (χ3v) is 5.96. The largest absolute Gasteiger partial charge is 0.496 e. The Bertz CT molecular complexity index is 1280. The molecular formula is C20H20N4O5S. The van der Waals surface area contributed by atoms with Gasteiger partial charge in [-0.2, -0.15) is 5.10 Å². The summed E-state index contributed by atoms with van der Waals surface area (Å²) in [6.07, 6.45) is 0.180. The van der Waals surface area contributed by atoms with Crippen molar-refractivity contribution in [3.63, 3.8) is 0 Å². The van der Waals surface area contributed by atoms with Gasteiger partial charge in [-0.15, -0.1) is 0 Å². The van der Waals surface area contributed by atoms with E-state index < -0.39 is 10.0 Å². The number of benzene rings is 2. The Hall–Kier alpha value is -3.21. The van der Waals surface area contributed by atoms with E-state index in [0.29, 0.717) is 17.0 Å². The molecular weight excluding hydrogens is 408 g/mol. The Balaban J connectivity index is 1.76. The van der Waals surface area contributed by atoms with Crippen LogP contribution in [0.15, 0.2) is 52.5 Å². The van der Waals surface area contributed by atoms with Crippen LogP contribution < -0.4 is 15.3 Å². The molecule has 2 heterocycles. The molecule has 2 aromatic carbocycles. The zero-order valence-corrected chi connectivity index (χ0v) is 16.9. The maximum Gasteiger partial charge on any atom is 0.240 e. The van der Waals surface area contributed by atoms with Crippen LogP contribution in [0.25, 0.3) is 22.2 Å². The van der Waals surface area contributed by atoms with Crippen molar-refractivity contribution in [2.24, 2.45) is 16.2 Å². The fourth-order valence-electron chi connectivity index (χ4n) is 3.54. The summed E-state index contributed by atoms with van der Waals surface area (Å²) in [6.45, 7) is -0.170. The summed E-state index contributed by atoms with van der Waals surface area (Å²) < 4.78 is 28.6. The van der Waals surface area contributed by atoms with Crippen molar-refractivity contribution in [1.29, 1.82) is 0 Å². The standard InChI is InChI=1S/C20H20N4O5S/c1-29-18-9-14(30(21,27)28)3-4-15(18)17-7-12-6-11(2-5-16(12)22-17)20-13(10-25)8-19(26)23-24-20/h2-7,9,13,22,25H,8,10H2,1H3,(H,23,26)(H2,21,27,28). The van der Waals surface area contributed by atoms with Gasteiger partial charge in [-0.05, 0) is 35.9 Å². The molecule has 1 amide bonds. The number of carbonyl (C=O) groups excluding carboxylic acids is 1. The van der Waals surface area contributed by atoms with Gasteiger partial charge >= 0.3 is 0 Å². The summed E-state index contributed by atoms with van der Waals surface area (Å²) >= 11 is 0. The van der Waals surface area contributed by atoms with E-state index in [1.165, 1.54) is 19.2 Å². The molecule has 0 saturated carbocycles. The van der Waals surface area contributed by atoms with Gasteiger partial charge in [0.1, 0.15) is 5.75 Å². The molecule has 0 bridgehead atoms. The van der Waals surface area contributed by atoms with Gasteiger partial charge in [-0.25, -0.2) is 19.0 Å². The fourth-order valence-corrected chi connectivity index (χ4v) is 4.07. The predicted octanol–water partition coefficient (Wildman–Crippen LogP) is 1.32. The molecule has 3 aromatic rings. The molecule has 10 heteroatoms. The number of rotatable bonds is 5. The van der Waals surface area contributed by atoms with Crippen LogP contribution in [0.2, 0.25) is 0 Å². The number of nitrogens with one attached hydrogen (secondary N) is 2. The van der Waals surface area contributed by atoms with Crippen LogP contribution in [-0.2, 0) is 14.8 Å². The second kappa shape index (κ2) is 7.56. The molecule has 30 heavy (non-hydrogen) atoms. The number of hydrogen-bond donors (Lipinski definition) is 4. The van der Waals surface area contributed by atoms with Gasteiger partial charge in [-0.3, -0.25) is 4.79 Å². The monoisotopic (exact) mass is 428 g/mol. The molecule has 5 N–H and O–H groups in total. The lowest BCUT2D eigenvalue weighted by atomic mass is 9.92. The van der Waals surface area contributed by atoms with E-state index in [4.69, 9.17) is 9.88 Å². The number of carbonyl (C=O) groups is 1. The molecule has 9 nitrogen and oxygen atoms in total. The number of hydrazone groups is 1. The number of aromatic amines is 1. The van der Waals surface area contributed by atoms with Crippen LogP contribution in [0.5, 0.6) is 5.75 Å². The first-order valence-electron chi connectivity index (χ1n) is 9.12. The van der Waals surface area contributed by atoms with Crippen LogP contribution in [0.3, 0.4) is 0 Å². The number of nitrogens with zero attached hydrogens (tertiary/aromatic N) is 1. The second-order valence-corrected chi connectivity index (χ2v) is 8.57. The summed E-state index contributed by atoms with van der Waals surface area (Å²) in [4.78, 5) is 14.8. The number of aliphatic hydroxyl groups is 1. The Morgan fingerprint density at radius 1 is 1.23 bits per heavy atom. The average Bonchev–Trinajstić information content (AvgIpc) is 3.15. The minimum atomic E-state index is -3.84. The van der Waals surface area contributed by atoms with E-state index in [9.17, 15) is 18.3 Å². The minimum absolute atomic E-state index is 0.0334. The molecule has 156 valence electrons. The van der Waals surface area contributed by atoms with Crippen molar-refractivity contribution in [3.8, 4) is 17.0 Å². The maximum atomic E-state index is 11.6. The van der Waals surface area contributed by atoms with Gasteiger partial charge in [0.25, 0.3) is 0 Å². The maximum absolute atomic E-state index is 11.6. The highest BCUT2D eigenvalue weighted by Crippen LogP contribution is 2.34. The summed E-state index contributed by atoms with van der Waals surface area (Å²) in [7, 11) is -2.39. The lowest BCUT2D eigenvalue weighted by Gasteiger charge is -2.20. The summed E-state index contributed by atoms with van der Waals surface area (Å²) in [6, 6.07) is 12.0. The Kier molecular flexibility index (Phi) is 5.06. The first kappa shape index (κ1) is 20.1. The molecule has 1 aromatic heterocycles. The number of amides is 1. The van der Waals surface area contributed by atoms with Crippen LogP contribution in [0, 0.1) is 5.92 Å². The smallest absolute Gasteiger partial charge is 0.240 e. The van der Waals surface area contributed by atoms with Gasteiger partial charge in [-0.1, -0.05) is 6.07 Å². The molecule has 1 unspecified atom stereocenters. The Labute approximate surface area is 172 Å². The van der Waals surface area contributed by atoms with Crippen LogP contribution in [-0.4, -0.2) is 43.8 Å². The third kappa shape index (κ3) is 3.67. The highest BCUT2D eigenvalue weighted by molar-refractivity contribution is 7.89. The normalized spacial score (nSPS) is 17.0. The number of methoxy groups -OCH3 is 1. The van der Waals surface area contributed by atoms with Crippen LogP contribution in [0.4, 0.5) is 0 Å². The molecule has 1 aliphatic rings. The molecule has 0 spiro atoms. The molecule has 0 aliphatic carbocycles. The zero-order chi connectivity index (χ0) is 21.5. The number of nitrogens with two attached hydrogens (primary N) is 1. The predicted molar refractivity (Wildman–Crippen MR) is 112 cm³/mol. The number of aromatic nitrogens is 1. The second-order valence-electron chi connectivity index (χ2n) is 7.01.